The van der Waals surface area contributed by atoms with Gasteiger partial charge in [0, 0.05) is 27.9 Å². The van der Waals surface area contributed by atoms with E-state index in [1.54, 1.807) is 30.8 Å². The highest BCUT2D eigenvalue weighted by Gasteiger charge is 2.31. The third-order valence-corrected chi connectivity index (χ3v) is 8.54. The molecule has 36 heavy (non-hydrogen) atoms. The molecule has 0 radical (unpaired) electrons. The van der Waals surface area contributed by atoms with Gasteiger partial charge in [-0.25, -0.2) is 0 Å². The molecule has 4 rings (SSSR count). The van der Waals surface area contributed by atoms with Crippen molar-refractivity contribution in [1.29, 1.82) is 0 Å². The fourth-order valence-corrected chi connectivity index (χ4v) is 6.61. The van der Waals surface area contributed by atoms with Crippen molar-refractivity contribution in [2.45, 2.75) is 30.2 Å². The molecule has 0 fully saturated rings. The highest BCUT2D eigenvalue weighted by molar-refractivity contribution is 9.10. The average Bonchev–Trinajstić information content (AvgIpc) is 3.22. The van der Waals surface area contributed by atoms with Crippen LogP contribution < -0.4 is 21.5 Å². The predicted molar refractivity (Wildman–Crippen MR) is 145 cm³/mol. The lowest BCUT2D eigenvalue weighted by atomic mass is 10.0. The Labute approximate surface area is 238 Å². The van der Waals surface area contributed by atoms with Crippen molar-refractivity contribution in [3.8, 4) is 5.69 Å². The summed E-state index contributed by atoms with van der Waals surface area (Å²) in [5.41, 5.74) is 4.61. The van der Waals surface area contributed by atoms with Crippen molar-refractivity contribution in [2.75, 3.05) is 6.61 Å². The number of carbonyl (C=O) groups excluding carboxylic acids is 2. The molecule has 0 saturated carbocycles. The van der Waals surface area contributed by atoms with Crippen LogP contribution in [0, 0.1) is 6.92 Å². The number of carbonyl (C=O) groups is 2. The van der Waals surface area contributed by atoms with Crippen LogP contribution in [0.1, 0.15) is 38.8 Å². The number of aromatic nitrogens is 1. The molecule has 0 saturated heterocycles. The van der Waals surface area contributed by atoms with Gasteiger partial charge in [-0.05, 0) is 49.2 Å². The van der Waals surface area contributed by atoms with Crippen LogP contribution >= 0.6 is 39.0 Å². The van der Waals surface area contributed by atoms with E-state index in [1.807, 2.05) is 59.4 Å². The Hall–Kier alpha value is -2.26. The summed E-state index contributed by atoms with van der Waals surface area (Å²) >= 11 is 6.57. The number of hydrogen-bond donors (Lipinski definition) is 0. The minimum Gasteiger partial charge on any atom is -1.00 e. The molecule has 2 heterocycles. The van der Waals surface area contributed by atoms with Crippen LogP contribution in [0.25, 0.3) is 5.69 Å². The first-order valence-electron chi connectivity index (χ1n) is 11.2. The third-order valence-electron chi connectivity index (χ3n) is 5.48. The Morgan fingerprint density at radius 3 is 2.36 bits per heavy atom. The van der Waals surface area contributed by atoms with Gasteiger partial charge in [0.15, 0.2) is 12.4 Å². The Morgan fingerprint density at radius 1 is 1.00 bits per heavy atom. The van der Waals surface area contributed by atoms with Crippen molar-refractivity contribution in [1.82, 2.24) is 0 Å². The number of hydrogen-bond acceptors (Lipinski definition) is 5. The van der Waals surface area contributed by atoms with E-state index >= 15 is 0 Å². The van der Waals surface area contributed by atoms with E-state index in [9.17, 15) is 9.59 Å². The smallest absolute Gasteiger partial charge is 0.310 e. The van der Waals surface area contributed by atoms with E-state index < -0.39 is 0 Å². The van der Waals surface area contributed by atoms with Gasteiger partial charge >= 0.3 is 5.97 Å². The second kappa shape index (κ2) is 13.3. The topological polar surface area (TPSA) is 47.3 Å². The van der Waals surface area contributed by atoms with E-state index in [1.165, 1.54) is 22.5 Å². The van der Waals surface area contributed by atoms with Gasteiger partial charge in [-0.1, -0.05) is 46.3 Å². The van der Waals surface area contributed by atoms with Crippen LogP contribution in [0.3, 0.4) is 0 Å². The SMILES string of the molecule is CCOC(=O)Cc1c(C(=O)c2ccc(Br)cc2)sc(SCc2ccccc2C)c1-[n+]1ccccc1.[Br-]. The van der Waals surface area contributed by atoms with E-state index in [0.717, 1.165) is 20.1 Å². The fourth-order valence-electron chi connectivity index (χ4n) is 3.69. The van der Waals surface area contributed by atoms with Gasteiger partial charge in [-0.2, -0.15) is 4.57 Å². The van der Waals surface area contributed by atoms with E-state index in [-0.39, 0.29) is 35.2 Å². The molecule has 2 aromatic carbocycles. The summed E-state index contributed by atoms with van der Waals surface area (Å²) < 4.78 is 9.16. The first kappa shape index (κ1) is 28.3. The number of halogens is 2. The largest absolute Gasteiger partial charge is 1.00 e. The van der Waals surface area contributed by atoms with Crippen LogP contribution in [0.15, 0.2) is 87.8 Å². The number of esters is 1. The van der Waals surface area contributed by atoms with Gasteiger partial charge in [0.1, 0.15) is 4.21 Å². The molecule has 8 heteroatoms. The van der Waals surface area contributed by atoms with Gasteiger partial charge in [0.2, 0.25) is 11.5 Å². The van der Waals surface area contributed by atoms with Gasteiger partial charge in [-0.15, -0.1) is 23.1 Å². The number of ether oxygens (including phenoxy) is 1. The zero-order valence-electron chi connectivity index (χ0n) is 19.9. The molecule has 0 aliphatic carbocycles. The first-order chi connectivity index (χ1) is 17.0. The zero-order valence-corrected chi connectivity index (χ0v) is 24.7. The summed E-state index contributed by atoms with van der Waals surface area (Å²) in [5, 5.41) is 0. The summed E-state index contributed by atoms with van der Waals surface area (Å²) in [6.45, 7) is 4.18. The van der Waals surface area contributed by atoms with E-state index in [4.69, 9.17) is 4.74 Å². The van der Waals surface area contributed by atoms with Crippen molar-refractivity contribution < 1.29 is 35.9 Å². The standard InChI is InChI=1S/C28H25BrNO3S2.BrH/c1-3-33-24(31)17-23-25(30-15-7-4-8-16-30)28(34-18-21-10-6-5-9-19(21)2)35-27(23)26(32)20-11-13-22(29)14-12-20;/h4-16H,3,17-18H2,1-2H3;1H/q+1;/p-1. The van der Waals surface area contributed by atoms with Crippen molar-refractivity contribution in [2.24, 2.45) is 0 Å². The number of ketones is 1. The second-order valence-electron chi connectivity index (χ2n) is 7.86. The Bertz CT molecular complexity index is 1340. The average molecular weight is 647 g/mol. The number of thioether (sulfide) groups is 1. The molecule has 0 spiro atoms. The van der Waals surface area contributed by atoms with Crippen molar-refractivity contribution in [3.05, 3.63) is 111 Å². The number of pyridine rings is 1. The molecule has 4 aromatic rings. The minimum absolute atomic E-state index is 0. The first-order valence-corrected chi connectivity index (χ1v) is 13.8. The van der Waals surface area contributed by atoms with Crippen LogP contribution in [0.4, 0.5) is 0 Å². The molecular weight excluding hydrogens is 622 g/mol. The summed E-state index contributed by atoms with van der Waals surface area (Å²) in [7, 11) is 0. The summed E-state index contributed by atoms with van der Waals surface area (Å²) in [4.78, 5) is 26.9. The minimum atomic E-state index is -0.344. The fraction of sp³-hybridized carbons (Fsp3) is 0.179. The van der Waals surface area contributed by atoms with Gasteiger partial charge in [0.05, 0.1) is 23.5 Å². The number of aryl methyl sites for hydroxylation is 1. The van der Waals surface area contributed by atoms with Crippen molar-refractivity contribution >= 4 is 50.8 Å². The Balaban J connectivity index is 0.00000361. The molecule has 0 bridgehead atoms. The molecular formula is C28H25Br2NO3S2. The lowest BCUT2D eigenvalue weighted by Crippen LogP contribution is -3.00. The molecule has 2 aromatic heterocycles. The highest BCUT2D eigenvalue weighted by Crippen LogP contribution is 2.40. The molecule has 4 nitrogen and oxygen atoms in total. The second-order valence-corrected chi connectivity index (χ2v) is 11.0. The van der Waals surface area contributed by atoms with Crippen LogP contribution in [0.2, 0.25) is 0 Å². The molecule has 0 aliphatic rings. The number of benzene rings is 2. The zero-order chi connectivity index (χ0) is 24.8. The number of nitrogens with zero attached hydrogens (tertiary/aromatic N) is 1. The molecule has 0 amide bonds. The maximum absolute atomic E-state index is 13.7. The maximum Gasteiger partial charge on any atom is 0.310 e. The highest BCUT2D eigenvalue weighted by atomic mass is 79.9. The predicted octanol–water partition coefficient (Wildman–Crippen LogP) is 3.73. The third kappa shape index (κ3) is 6.73. The van der Waals surface area contributed by atoms with Gasteiger partial charge in [0.25, 0.3) is 0 Å². The molecule has 0 N–H and O–H groups in total. The number of rotatable bonds is 9. The Kier molecular flexibility index (Phi) is 10.5. The van der Waals surface area contributed by atoms with Crippen LogP contribution in [0.5, 0.6) is 0 Å². The molecule has 0 unspecified atom stereocenters. The summed E-state index contributed by atoms with van der Waals surface area (Å²) in [6, 6.07) is 21.4. The van der Waals surface area contributed by atoms with Gasteiger partial charge in [-0.3, -0.25) is 9.59 Å². The molecule has 186 valence electrons. The maximum atomic E-state index is 13.7. The normalized spacial score (nSPS) is 10.5. The van der Waals surface area contributed by atoms with Gasteiger partial charge < -0.3 is 21.7 Å². The lowest BCUT2D eigenvalue weighted by molar-refractivity contribution is -0.598. The molecule has 0 aliphatic heterocycles. The molecule has 0 atom stereocenters. The summed E-state index contributed by atoms with van der Waals surface area (Å²) in [5.74, 6) is 0.323. The van der Waals surface area contributed by atoms with Crippen LogP contribution in [-0.2, 0) is 21.7 Å². The van der Waals surface area contributed by atoms with E-state index in [0.29, 0.717) is 22.6 Å². The quantitative estimate of drug-likeness (QED) is 0.120. The monoisotopic (exact) mass is 645 g/mol. The van der Waals surface area contributed by atoms with E-state index in [2.05, 4.69) is 35.0 Å². The van der Waals surface area contributed by atoms with Crippen molar-refractivity contribution in [3.63, 3.8) is 0 Å². The van der Waals surface area contributed by atoms with Crippen LogP contribution in [-0.4, -0.2) is 18.4 Å². The number of thiophene rings is 1. The lowest BCUT2D eigenvalue weighted by Gasteiger charge is -2.06. The Morgan fingerprint density at radius 2 is 1.69 bits per heavy atom. The summed E-state index contributed by atoms with van der Waals surface area (Å²) in [6.07, 6.45) is 3.93.